The average molecular weight is 483 g/mol. The highest BCUT2D eigenvalue weighted by molar-refractivity contribution is 6.03. The first kappa shape index (κ1) is 26.0. The molecule has 0 radical (unpaired) electrons. The summed E-state index contributed by atoms with van der Waals surface area (Å²) in [5.41, 5.74) is 2.58. The summed E-state index contributed by atoms with van der Waals surface area (Å²) < 4.78 is 15.8. The van der Waals surface area contributed by atoms with Gasteiger partial charge in [0.05, 0.1) is 32.6 Å². The molecule has 3 rings (SSSR count). The third-order valence-electron chi connectivity index (χ3n) is 5.66. The van der Waals surface area contributed by atoms with Crippen molar-refractivity contribution in [3.05, 3.63) is 59.7 Å². The number of ether oxygens (including phenoxy) is 3. The first-order valence-corrected chi connectivity index (χ1v) is 11.6. The Hall–Kier alpha value is -3.59. The van der Waals surface area contributed by atoms with E-state index in [-0.39, 0.29) is 37.1 Å². The molecule has 0 aliphatic carbocycles. The molecular formula is C26H34N4O5. The highest BCUT2D eigenvalue weighted by Crippen LogP contribution is 2.34. The summed E-state index contributed by atoms with van der Waals surface area (Å²) in [5.74, 6) is 1.17. The van der Waals surface area contributed by atoms with Gasteiger partial charge >= 0.3 is 6.03 Å². The van der Waals surface area contributed by atoms with Gasteiger partial charge in [0, 0.05) is 31.7 Å². The number of nitrogens with one attached hydrogen (secondary N) is 1. The number of rotatable bonds is 10. The molecule has 3 amide bonds. The molecule has 1 aliphatic rings. The Bertz CT molecular complexity index is 1040. The van der Waals surface area contributed by atoms with Gasteiger partial charge in [-0.1, -0.05) is 24.3 Å². The second-order valence-corrected chi connectivity index (χ2v) is 8.53. The maximum absolute atomic E-state index is 13.5. The number of benzene rings is 2. The second kappa shape index (κ2) is 12.2. The fraction of sp³-hybridized carbons (Fsp3) is 0.423. The maximum atomic E-state index is 13.5. The van der Waals surface area contributed by atoms with Crippen LogP contribution in [0.15, 0.2) is 53.6 Å². The van der Waals surface area contributed by atoms with E-state index in [1.165, 1.54) is 9.91 Å². The molecule has 35 heavy (non-hydrogen) atoms. The standard InChI is InChI=1S/C26H34N4O5/c1-18(2)27-26(32)29(13-14-33-3)17-25(31)30-24(19-9-11-21(34-4)12-10-19)16-23(28-30)20-7-6-8-22(15-20)35-5/h6-12,15,18,24H,13-14,16-17H2,1-5H3,(H,27,32)/t24-/m0/s1. The average Bonchev–Trinajstić information content (AvgIpc) is 3.32. The number of carbonyl (C=O) groups is 2. The summed E-state index contributed by atoms with van der Waals surface area (Å²) in [6.07, 6.45) is 0.529. The number of carbonyl (C=O) groups excluding carboxylic acids is 2. The van der Waals surface area contributed by atoms with Crippen LogP contribution in [-0.2, 0) is 9.53 Å². The molecule has 0 saturated heterocycles. The van der Waals surface area contributed by atoms with Crippen LogP contribution in [0, 0.1) is 0 Å². The van der Waals surface area contributed by atoms with E-state index >= 15 is 0 Å². The van der Waals surface area contributed by atoms with Crippen molar-refractivity contribution in [3.8, 4) is 11.5 Å². The highest BCUT2D eigenvalue weighted by atomic mass is 16.5. The fourth-order valence-corrected chi connectivity index (χ4v) is 3.83. The SMILES string of the molecule is COCCN(CC(=O)N1N=C(c2cccc(OC)c2)C[C@H]1c1ccc(OC)cc1)C(=O)NC(C)C. The third-order valence-corrected chi connectivity index (χ3v) is 5.66. The van der Waals surface area contributed by atoms with Crippen LogP contribution in [-0.4, -0.2) is 74.6 Å². The summed E-state index contributed by atoms with van der Waals surface area (Å²) in [6.45, 7) is 4.23. The quantitative estimate of drug-likeness (QED) is 0.560. The van der Waals surface area contributed by atoms with Gasteiger partial charge in [0.1, 0.15) is 18.0 Å². The van der Waals surface area contributed by atoms with Crippen molar-refractivity contribution in [2.45, 2.75) is 32.4 Å². The molecule has 0 fully saturated rings. The first-order valence-electron chi connectivity index (χ1n) is 11.6. The fourth-order valence-electron chi connectivity index (χ4n) is 3.83. The maximum Gasteiger partial charge on any atom is 0.318 e. The van der Waals surface area contributed by atoms with E-state index in [0.717, 1.165) is 22.6 Å². The molecule has 2 aromatic rings. The van der Waals surface area contributed by atoms with Crippen LogP contribution < -0.4 is 14.8 Å². The van der Waals surface area contributed by atoms with Crippen molar-refractivity contribution in [2.24, 2.45) is 5.10 Å². The van der Waals surface area contributed by atoms with E-state index in [0.29, 0.717) is 18.8 Å². The molecule has 0 unspecified atom stereocenters. The van der Waals surface area contributed by atoms with E-state index in [4.69, 9.17) is 19.3 Å². The molecule has 188 valence electrons. The molecule has 0 bridgehead atoms. The minimum Gasteiger partial charge on any atom is -0.497 e. The highest BCUT2D eigenvalue weighted by Gasteiger charge is 2.34. The van der Waals surface area contributed by atoms with E-state index in [9.17, 15) is 9.59 Å². The van der Waals surface area contributed by atoms with Gasteiger partial charge < -0.3 is 24.4 Å². The number of nitrogens with zero attached hydrogens (tertiary/aromatic N) is 3. The number of hydrogen-bond acceptors (Lipinski definition) is 6. The second-order valence-electron chi connectivity index (χ2n) is 8.53. The first-order chi connectivity index (χ1) is 16.9. The Morgan fingerprint density at radius 3 is 2.43 bits per heavy atom. The zero-order valence-electron chi connectivity index (χ0n) is 21.0. The lowest BCUT2D eigenvalue weighted by atomic mass is 9.98. The predicted molar refractivity (Wildman–Crippen MR) is 134 cm³/mol. The van der Waals surface area contributed by atoms with Gasteiger partial charge in [-0.05, 0) is 43.7 Å². The molecule has 0 aromatic heterocycles. The van der Waals surface area contributed by atoms with Crippen molar-refractivity contribution < 1.29 is 23.8 Å². The molecule has 1 atom stereocenters. The van der Waals surface area contributed by atoms with Crippen LogP contribution in [0.3, 0.4) is 0 Å². The molecule has 1 aliphatic heterocycles. The molecular weight excluding hydrogens is 448 g/mol. The van der Waals surface area contributed by atoms with Gasteiger partial charge in [0.15, 0.2) is 0 Å². The molecule has 1 heterocycles. The smallest absolute Gasteiger partial charge is 0.318 e. The lowest BCUT2D eigenvalue weighted by Crippen LogP contribution is -2.48. The van der Waals surface area contributed by atoms with Gasteiger partial charge in [-0.25, -0.2) is 9.80 Å². The predicted octanol–water partition coefficient (Wildman–Crippen LogP) is 3.45. The Kier molecular flexibility index (Phi) is 9.08. The van der Waals surface area contributed by atoms with Crippen molar-refractivity contribution in [1.82, 2.24) is 15.2 Å². The largest absolute Gasteiger partial charge is 0.497 e. The Labute approximate surface area is 206 Å². The summed E-state index contributed by atoms with van der Waals surface area (Å²) in [6, 6.07) is 14.5. The van der Waals surface area contributed by atoms with Gasteiger partial charge in [-0.15, -0.1) is 0 Å². The Morgan fingerprint density at radius 2 is 1.80 bits per heavy atom. The number of hydrazone groups is 1. The lowest BCUT2D eigenvalue weighted by molar-refractivity contribution is -0.133. The molecule has 0 saturated carbocycles. The summed E-state index contributed by atoms with van der Waals surface area (Å²) in [5, 5.41) is 9.04. The minimum absolute atomic E-state index is 0.0563. The molecule has 9 nitrogen and oxygen atoms in total. The summed E-state index contributed by atoms with van der Waals surface area (Å²) >= 11 is 0. The van der Waals surface area contributed by atoms with E-state index in [1.54, 1.807) is 21.3 Å². The zero-order valence-corrected chi connectivity index (χ0v) is 21.0. The number of hydrogen-bond donors (Lipinski definition) is 1. The van der Waals surface area contributed by atoms with Crippen LogP contribution >= 0.6 is 0 Å². The monoisotopic (exact) mass is 482 g/mol. The van der Waals surface area contributed by atoms with Gasteiger partial charge in [-0.3, -0.25) is 4.79 Å². The summed E-state index contributed by atoms with van der Waals surface area (Å²) in [7, 11) is 4.79. The lowest BCUT2D eigenvalue weighted by Gasteiger charge is -2.27. The summed E-state index contributed by atoms with van der Waals surface area (Å²) in [4.78, 5) is 27.7. The normalized spacial score (nSPS) is 15.1. The van der Waals surface area contributed by atoms with Gasteiger partial charge in [-0.2, -0.15) is 5.10 Å². The van der Waals surface area contributed by atoms with Crippen molar-refractivity contribution in [3.63, 3.8) is 0 Å². The minimum atomic E-state index is -0.317. The number of urea groups is 1. The van der Waals surface area contributed by atoms with Crippen LogP contribution in [0.2, 0.25) is 0 Å². The van der Waals surface area contributed by atoms with Gasteiger partial charge in [0.25, 0.3) is 5.91 Å². The third kappa shape index (κ3) is 6.73. The van der Waals surface area contributed by atoms with Crippen LogP contribution in [0.1, 0.15) is 37.4 Å². The molecule has 1 N–H and O–H groups in total. The van der Waals surface area contributed by atoms with Crippen LogP contribution in [0.5, 0.6) is 11.5 Å². The van der Waals surface area contributed by atoms with Crippen LogP contribution in [0.25, 0.3) is 0 Å². The van der Waals surface area contributed by atoms with E-state index < -0.39 is 0 Å². The molecule has 9 heteroatoms. The topological polar surface area (TPSA) is 92.7 Å². The number of amides is 3. The molecule has 2 aromatic carbocycles. The van der Waals surface area contributed by atoms with Crippen molar-refractivity contribution >= 4 is 17.6 Å². The number of methoxy groups -OCH3 is 3. The zero-order chi connectivity index (χ0) is 25.4. The van der Waals surface area contributed by atoms with Crippen LogP contribution in [0.4, 0.5) is 4.79 Å². The van der Waals surface area contributed by atoms with Gasteiger partial charge in [0.2, 0.25) is 0 Å². The van der Waals surface area contributed by atoms with E-state index in [1.807, 2.05) is 62.4 Å². The van der Waals surface area contributed by atoms with E-state index in [2.05, 4.69) is 5.32 Å². The Morgan fingerprint density at radius 1 is 1.09 bits per heavy atom. The van der Waals surface area contributed by atoms with Crippen molar-refractivity contribution in [1.29, 1.82) is 0 Å². The Balaban J connectivity index is 1.90. The molecule has 0 spiro atoms. The van der Waals surface area contributed by atoms with Crippen molar-refractivity contribution in [2.75, 3.05) is 41.0 Å².